The fourth-order valence-electron chi connectivity index (χ4n) is 4.12. The zero-order chi connectivity index (χ0) is 23.5. The molecule has 6 nitrogen and oxygen atoms in total. The molecule has 1 atom stereocenters. The van der Waals surface area contributed by atoms with E-state index in [0.717, 1.165) is 34.5 Å². The second kappa shape index (κ2) is 9.79. The number of nitrogens with one attached hydrogen (secondary N) is 1. The fourth-order valence-corrected chi connectivity index (χ4v) is 7.89. The number of thiophene rings is 1. The Morgan fingerprint density at radius 2 is 1.65 bits per heavy atom. The summed E-state index contributed by atoms with van der Waals surface area (Å²) in [6, 6.07) is 22.3. The smallest absolute Gasteiger partial charge is 0.253 e. The van der Waals surface area contributed by atoms with Crippen LogP contribution in [-0.2, 0) is 14.8 Å². The van der Waals surface area contributed by atoms with E-state index in [1.165, 1.54) is 27.0 Å². The van der Waals surface area contributed by atoms with Gasteiger partial charge in [0.2, 0.25) is 5.91 Å². The van der Waals surface area contributed by atoms with E-state index in [1.54, 1.807) is 17.5 Å². The highest BCUT2D eigenvalue weighted by molar-refractivity contribution is 7.91. The van der Waals surface area contributed by atoms with Crippen molar-refractivity contribution in [3.63, 3.8) is 0 Å². The van der Waals surface area contributed by atoms with Gasteiger partial charge in [-0.2, -0.15) is 4.31 Å². The third kappa shape index (κ3) is 4.56. The number of rotatable bonds is 6. The topological polar surface area (TPSA) is 79.4 Å². The highest BCUT2D eigenvalue weighted by Gasteiger charge is 2.38. The third-order valence-corrected chi connectivity index (χ3v) is 10.1. The summed E-state index contributed by atoms with van der Waals surface area (Å²) in [4.78, 5) is 19.0. The van der Waals surface area contributed by atoms with Gasteiger partial charge in [0.25, 0.3) is 10.0 Å². The summed E-state index contributed by atoms with van der Waals surface area (Å²) >= 11 is 2.57. The van der Waals surface area contributed by atoms with Crippen molar-refractivity contribution in [2.75, 3.05) is 11.9 Å². The van der Waals surface area contributed by atoms with E-state index in [4.69, 9.17) is 4.98 Å². The lowest BCUT2D eigenvalue weighted by Crippen LogP contribution is -2.49. The molecule has 1 aliphatic heterocycles. The molecule has 1 aliphatic rings. The Balaban J connectivity index is 1.46. The lowest BCUT2D eigenvalue weighted by atomic mass is 10.0. The van der Waals surface area contributed by atoms with Crippen LogP contribution in [0.5, 0.6) is 0 Å². The van der Waals surface area contributed by atoms with Crippen molar-refractivity contribution in [1.29, 1.82) is 0 Å². The molecular formula is C25H23N3O3S3. The molecule has 2 aromatic heterocycles. The van der Waals surface area contributed by atoms with Crippen molar-refractivity contribution < 1.29 is 13.2 Å². The minimum absolute atomic E-state index is 0.263. The summed E-state index contributed by atoms with van der Waals surface area (Å²) in [5.41, 5.74) is 2.76. The van der Waals surface area contributed by atoms with Gasteiger partial charge in [-0.3, -0.25) is 4.79 Å². The lowest BCUT2D eigenvalue weighted by Gasteiger charge is -2.32. The van der Waals surface area contributed by atoms with Gasteiger partial charge in [0.1, 0.15) is 10.3 Å². The molecule has 0 bridgehead atoms. The van der Waals surface area contributed by atoms with Gasteiger partial charge in [0, 0.05) is 12.1 Å². The lowest BCUT2D eigenvalue weighted by molar-refractivity contribution is -0.120. The highest BCUT2D eigenvalue weighted by Crippen LogP contribution is 2.39. The summed E-state index contributed by atoms with van der Waals surface area (Å²) in [5, 5.41) is 5.12. The second-order valence-corrected chi connectivity index (χ2v) is 12.0. The monoisotopic (exact) mass is 509 g/mol. The summed E-state index contributed by atoms with van der Waals surface area (Å²) in [6.45, 7) is 0.334. The second-order valence-electron chi connectivity index (χ2n) is 7.98. The third-order valence-electron chi connectivity index (χ3n) is 5.75. The van der Waals surface area contributed by atoms with Crippen molar-refractivity contribution in [1.82, 2.24) is 9.29 Å². The first kappa shape index (κ1) is 22.9. The Hall–Kier alpha value is -2.85. The average Bonchev–Trinajstić information content (AvgIpc) is 3.56. The Labute approximate surface area is 207 Å². The van der Waals surface area contributed by atoms with E-state index >= 15 is 0 Å². The first-order chi connectivity index (χ1) is 16.5. The van der Waals surface area contributed by atoms with E-state index in [0.29, 0.717) is 18.1 Å². The van der Waals surface area contributed by atoms with Gasteiger partial charge >= 0.3 is 0 Å². The van der Waals surface area contributed by atoms with Crippen molar-refractivity contribution in [2.45, 2.75) is 29.5 Å². The molecule has 1 amide bonds. The molecule has 3 heterocycles. The number of sulfonamides is 1. The number of carbonyl (C=O) groups is 1. The molecular weight excluding hydrogens is 486 g/mol. The van der Waals surface area contributed by atoms with Crippen LogP contribution >= 0.6 is 22.7 Å². The van der Waals surface area contributed by atoms with E-state index in [-0.39, 0.29) is 10.1 Å². The number of hydrogen-bond acceptors (Lipinski definition) is 6. The van der Waals surface area contributed by atoms with Gasteiger partial charge in [-0.25, -0.2) is 13.4 Å². The summed E-state index contributed by atoms with van der Waals surface area (Å²) in [7, 11) is -3.72. The molecule has 1 unspecified atom stereocenters. The zero-order valence-electron chi connectivity index (χ0n) is 18.3. The average molecular weight is 510 g/mol. The van der Waals surface area contributed by atoms with Crippen LogP contribution in [-0.4, -0.2) is 36.2 Å². The molecule has 4 aromatic rings. The van der Waals surface area contributed by atoms with Crippen LogP contribution < -0.4 is 5.32 Å². The predicted octanol–water partition coefficient (Wildman–Crippen LogP) is 5.72. The quantitative estimate of drug-likeness (QED) is 0.361. The number of carbonyl (C=O) groups excluding carboxylic acids is 1. The van der Waals surface area contributed by atoms with Crippen LogP contribution in [0, 0.1) is 0 Å². The van der Waals surface area contributed by atoms with Crippen LogP contribution in [0.3, 0.4) is 0 Å². The maximum absolute atomic E-state index is 13.3. The molecule has 0 aliphatic carbocycles. The first-order valence-electron chi connectivity index (χ1n) is 11.0. The molecule has 174 valence electrons. The van der Waals surface area contributed by atoms with Crippen molar-refractivity contribution in [3.05, 3.63) is 78.2 Å². The van der Waals surface area contributed by atoms with Crippen LogP contribution in [0.2, 0.25) is 0 Å². The molecule has 2 aromatic carbocycles. The molecule has 0 spiro atoms. The van der Waals surface area contributed by atoms with Gasteiger partial charge in [0.15, 0.2) is 5.13 Å². The fraction of sp³-hybridized carbons (Fsp3) is 0.200. The highest BCUT2D eigenvalue weighted by atomic mass is 32.2. The van der Waals surface area contributed by atoms with Crippen LogP contribution in [0.25, 0.3) is 21.7 Å². The number of amides is 1. The van der Waals surface area contributed by atoms with E-state index < -0.39 is 16.1 Å². The van der Waals surface area contributed by atoms with E-state index in [2.05, 4.69) is 5.32 Å². The first-order valence-corrected chi connectivity index (χ1v) is 14.2. The molecule has 9 heteroatoms. The Morgan fingerprint density at radius 3 is 2.32 bits per heavy atom. The van der Waals surface area contributed by atoms with Crippen LogP contribution in [0.4, 0.5) is 5.13 Å². The summed E-state index contributed by atoms with van der Waals surface area (Å²) in [6.07, 6.45) is 2.03. The molecule has 1 N–H and O–H groups in total. The number of thiazole rings is 1. The minimum Gasteiger partial charge on any atom is -0.301 e. The zero-order valence-corrected chi connectivity index (χ0v) is 20.7. The number of piperidine rings is 1. The maximum Gasteiger partial charge on any atom is 0.253 e. The Kier molecular flexibility index (Phi) is 6.60. The van der Waals surface area contributed by atoms with Crippen molar-refractivity contribution in [3.8, 4) is 21.7 Å². The number of hydrogen-bond donors (Lipinski definition) is 1. The molecule has 34 heavy (non-hydrogen) atoms. The molecule has 0 saturated carbocycles. The minimum atomic E-state index is -3.72. The summed E-state index contributed by atoms with van der Waals surface area (Å²) in [5.74, 6) is -0.340. The maximum atomic E-state index is 13.3. The number of anilines is 1. The summed E-state index contributed by atoms with van der Waals surface area (Å²) < 4.78 is 28.0. The van der Waals surface area contributed by atoms with Gasteiger partial charge in [-0.1, -0.05) is 84.5 Å². The normalized spacial score (nSPS) is 16.9. The van der Waals surface area contributed by atoms with Crippen molar-refractivity contribution in [2.24, 2.45) is 0 Å². The van der Waals surface area contributed by atoms with Gasteiger partial charge in [0.05, 0.1) is 10.6 Å². The van der Waals surface area contributed by atoms with Crippen LogP contribution in [0.15, 0.2) is 82.4 Å². The number of nitrogens with zero attached hydrogens (tertiary/aromatic N) is 2. The van der Waals surface area contributed by atoms with Gasteiger partial charge < -0.3 is 5.32 Å². The molecule has 0 radical (unpaired) electrons. The molecule has 5 rings (SSSR count). The van der Waals surface area contributed by atoms with E-state index in [9.17, 15) is 13.2 Å². The molecule has 1 saturated heterocycles. The van der Waals surface area contributed by atoms with Gasteiger partial charge in [-0.15, -0.1) is 11.3 Å². The van der Waals surface area contributed by atoms with E-state index in [1.807, 2.05) is 60.7 Å². The van der Waals surface area contributed by atoms with Gasteiger partial charge in [-0.05, 0) is 29.9 Å². The van der Waals surface area contributed by atoms with Crippen molar-refractivity contribution >= 4 is 43.7 Å². The van der Waals surface area contributed by atoms with Crippen LogP contribution in [0.1, 0.15) is 19.3 Å². The molecule has 1 fully saturated rings. The largest absolute Gasteiger partial charge is 0.301 e. The Morgan fingerprint density at radius 1 is 0.941 bits per heavy atom. The predicted molar refractivity (Wildman–Crippen MR) is 137 cm³/mol. The SMILES string of the molecule is O=C(Nc1nc(-c2ccccc2)c(-c2ccccc2)s1)C1CCCCN1S(=O)(=O)c1cccs1. The standard InChI is InChI=1S/C25H23N3O3S3/c29-24(20-14-7-8-16-28(20)34(30,31)21-15-9-17-32-21)27-25-26-22(18-10-3-1-4-11-18)23(33-25)19-12-5-2-6-13-19/h1-6,9-13,15,17,20H,7-8,14,16H2,(H,26,27,29). The number of aromatic nitrogens is 1. The number of benzene rings is 2. The Bertz CT molecular complexity index is 1310.